The van der Waals surface area contributed by atoms with Crippen LogP contribution in [0.25, 0.3) is 33.0 Å². The molecule has 0 bridgehead atoms. The minimum atomic E-state index is -0.780. The molecule has 0 radical (unpaired) electrons. The van der Waals surface area contributed by atoms with Crippen LogP contribution >= 0.6 is 0 Å². The van der Waals surface area contributed by atoms with Gasteiger partial charge in [-0.2, -0.15) is 0 Å². The highest BCUT2D eigenvalue weighted by Gasteiger charge is 2.50. The summed E-state index contributed by atoms with van der Waals surface area (Å²) in [6.45, 7) is 0. The minimum absolute atomic E-state index is 0.349. The van der Waals surface area contributed by atoms with Crippen LogP contribution in [0.5, 0.6) is 0 Å². The van der Waals surface area contributed by atoms with Crippen molar-refractivity contribution in [2.45, 2.75) is 5.41 Å². The zero-order chi connectivity index (χ0) is 39.8. The maximum Gasteiger partial charge on any atom is 0.123 e. The molecular weight excluding hydrogens is 741 g/mol. The maximum atomic E-state index is 14.4. The molecule has 0 aromatic heterocycles. The van der Waals surface area contributed by atoms with Crippen LogP contribution in [0.1, 0.15) is 22.3 Å². The van der Waals surface area contributed by atoms with Gasteiger partial charge in [0.25, 0.3) is 0 Å². The summed E-state index contributed by atoms with van der Waals surface area (Å²) in [7, 11) is 0. The molecule has 0 N–H and O–H groups in total. The molecule has 0 amide bonds. The van der Waals surface area contributed by atoms with Gasteiger partial charge in [-0.1, -0.05) is 78.9 Å². The molecule has 9 aromatic rings. The first-order valence-corrected chi connectivity index (χ1v) is 19.4. The van der Waals surface area contributed by atoms with Crippen LogP contribution in [0.2, 0.25) is 0 Å². The predicted octanol–water partition coefficient (Wildman–Crippen LogP) is 14.7. The van der Waals surface area contributed by atoms with E-state index < -0.39 is 5.41 Å². The first-order chi connectivity index (χ1) is 28.9. The van der Waals surface area contributed by atoms with Gasteiger partial charge in [0.15, 0.2) is 0 Å². The molecular formula is C53H32F4N2. The SMILES string of the molecule is Fc1ccc(N(c2ccc(F)cc2)c2ccc3c(c2)C2(c4ccccc4-c4ccccc42)c2cccc4c(N(c5ccc(F)cc5)c5ccc(F)cc5)ccc-3c24)cc1. The monoisotopic (exact) mass is 772 g/mol. The van der Waals surface area contributed by atoms with E-state index in [-0.39, 0.29) is 23.3 Å². The topological polar surface area (TPSA) is 6.48 Å². The molecule has 9 aromatic carbocycles. The highest BCUT2D eigenvalue weighted by molar-refractivity contribution is 6.12. The van der Waals surface area contributed by atoms with E-state index in [0.717, 1.165) is 89.4 Å². The van der Waals surface area contributed by atoms with Gasteiger partial charge in [0.2, 0.25) is 0 Å². The summed E-state index contributed by atoms with van der Waals surface area (Å²) in [6, 6.07) is 59.7. The average Bonchev–Trinajstić information content (AvgIpc) is 3.56. The van der Waals surface area contributed by atoms with Crippen molar-refractivity contribution in [1.82, 2.24) is 0 Å². The standard InChI is InChI=1S/C53H32F4N2/c54-33-12-20-37(21-13-33)58(38-22-14-34(55)15-23-38)41-28-29-44-45-30-31-51(59(39-24-16-35(56)17-25-39)40-26-18-36(57)19-27-40)46-8-5-11-49(52(45)46)53(50(44)32-41)47-9-3-1-6-42(47)43-7-2-4-10-48(43)53/h1-32H. The predicted molar refractivity (Wildman–Crippen MR) is 229 cm³/mol. The summed E-state index contributed by atoms with van der Waals surface area (Å²) in [5.74, 6) is -1.40. The zero-order valence-corrected chi connectivity index (χ0v) is 31.4. The molecule has 0 unspecified atom stereocenters. The average molecular weight is 773 g/mol. The zero-order valence-electron chi connectivity index (χ0n) is 31.4. The summed E-state index contributed by atoms with van der Waals surface area (Å²) in [6.07, 6.45) is 0. The van der Waals surface area contributed by atoms with E-state index in [0.29, 0.717) is 0 Å². The first-order valence-electron chi connectivity index (χ1n) is 19.4. The smallest absolute Gasteiger partial charge is 0.123 e. The second-order valence-electron chi connectivity index (χ2n) is 15.0. The van der Waals surface area contributed by atoms with E-state index in [1.807, 2.05) is 9.80 Å². The van der Waals surface area contributed by atoms with Crippen LogP contribution in [-0.4, -0.2) is 0 Å². The molecule has 11 rings (SSSR count). The molecule has 0 atom stereocenters. The second kappa shape index (κ2) is 13.3. The molecule has 282 valence electrons. The van der Waals surface area contributed by atoms with Gasteiger partial charge in [0.05, 0.1) is 11.1 Å². The third-order valence-electron chi connectivity index (χ3n) is 11.9. The molecule has 1 spiro atoms. The van der Waals surface area contributed by atoms with Gasteiger partial charge in [0.1, 0.15) is 23.3 Å². The Morgan fingerprint density at radius 3 is 1.22 bits per heavy atom. The van der Waals surface area contributed by atoms with Crippen molar-refractivity contribution in [1.29, 1.82) is 0 Å². The van der Waals surface area contributed by atoms with E-state index in [9.17, 15) is 17.6 Å². The molecule has 0 aliphatic heterocycles. The molecule has 2 aliphatic rings. The number of anilines is 6. The van der Waals surface area contributed by atoms with Crippen molar-refractivity contribution < 1.29 is 17.6 Å². The van der Waals surface area contributed by atoms with Crippen molar-refractivity contribution in [3.8, 4) is 22.3 Å². The van der Waals surface area contributed by atoms with Gasteiger partial charge in [-0.25, -0.2) is 17.6 Å². The third-order valence-corrected chi connectivity index (χ3v) is 11.9. The fourth-order valence-corrected chi connectivity index (χ4v) is 9.54. The van der Waals surface area contributed by atoms with E-state index in [2.05, 4.69) is 97.1 Å². The van der Waals surface area contributed by atoms with Gasteiger partial charge in [0, 0.05) is 33.8 Å². The summed E-state index contributed by atoms with van der Waals surface area (Å²) >= 11 is 0. The molecule has 2 aliphatic carbocycles. The number of hydrogen-bond donors (Lipinski definition) is 0. The number of rotatable bonds is 6. The Labute approximate surface area is 338 Å². The fraction of sp³-hybridized carbons (Fsp3) is 0.0189. The Morgan fingerprint density at radius 2 is 0.712 bits per heavy atom. The largest absolute Gasteiger partial charge is 0.310 e. The molecule has 0 fully saturated rings. The van der Waals surface area contributed by atoms with Gasteiger partial charge in [-0.3, -0.25) is 0 Å². The molecule has 0 saturated carbocycles. The van der Waals surface area contributed by atoms with Gasteiger partial charge in [-0.05, 0) is 165 Å². The van der Waals surface area contributed by atoms with Gasteiger partial charge < -0.3 is 9.80 Å². The van der Waals surface area contributed by atoms with Gasteiger partial charge >= 0.3 is 0 Å². The Hall–Kier alpha value is -7.44. The van der Waals surface area contributed by atoms with Gasteiger partial charge in [-0.15, -0.1) is 0 Å². The molecule has 6 heteroatoms. The van der Waals surface area contributed by atoms with Crippen molar-refractivity contribution in [3.05, 3.63) is 240 Å². The highest BCUT2D eigenvalue weighted by Crippen LogP contribution is 2.63. The molecule has 0 heterocycles. The van der Waals surface area contributed by atoms with Crippen LogP contribution in [0, 0.1) is 23.3 Å². The Morgan fingerprint density at radius 1 is 0.305 bits per heavy atom. The van der Waals surface area contributed by atoms with Crippen LogP contribution in [-0.2, 0) is 5.41 Å². The lowest BCUT2D eigenvalue weighted by Crippen LogP contribution is -2.32. The summed E-state index contributed by atoms with van der Waals surface area (Å²) in [4.78, 5) is 4.08. The van der Waals surface area contributed by atoms with Crippen LogP contribution in [0.3, 0.4) is 0 Å². The van der Waals surface area contributed by atoms with Crippen LogP contribution in [0.15, 0.2) is 194 Å². The summed E-state index contributed by atoms with van der Waals surface area (Å²) < 4.78 is 57.5. The van der Waals surface area contributed by atoms with E-state index in [1.165, 1.54) is 48.5 Å². The van der Waals surface area contributed by atoms with Crippen molar-refractivity contribution in [3.63, 3.8) is 0 Å². The summed E-state index contributed by atoms with van der Waals surface area (Å²) in [5.41, 5.74) is 12.7. The second-order valence-corrected chi connectivity index (χ2v) is 15.0. The summed E-state index contributed by atoms with van der Waals surface area (Å²) in [5, 5.41) is 2.05. The quantitative estimate of drug-likeness (QED) is 0.155. The Kier molecular flexibility index (Phi) is 7.85. The first kappa shape index (κ1) is 34.8. The van der Waals surface area contributed by atoms with Crippen molar-refractivity contribution >= 4 is 44.9 Å². The number of fused-ring (bicyclic) bond motifs is 9. The van der Waals surface area contributed by atoms with E-state index in [4.69, 9.17) is 0 Å². The number of halogens is 4. The lowest BCUT2D eigenvalue weighted by atomic mass is 9.61. The third kappa shape index (κ3) is 5.26. The molecule has 2 nitrogen and oxygen atoms in total. The van der Waals surface area contributed by atoms with E-state index >= 15 is 0 Å². The minimum Gasteiger partial charge on any atom is -0.310 e. The van der Waals surface area contributed by atoms with Crippen LogP contribution in [0.4, 0.5) is 51.7 Å². The number of hydrogen-bond acceptors (Lipinski definition) is 2. The maximum absolute atomic E-state index is 14.4. The number of nitrogens with zero attached hydrogens (tertiary/aromatic N) is 2. The lowest BCUT2D eigenvalue weighted by Gasteiger charge is -2.41. The highest BCUT2D eigenvalue weighted by atomic mass is 19.1. The number of benzene rings is 9. The fourth-order valence-electron chi connectivity index (χ4n) is 9.54. The Balaban J connectivity index is 1.23. The normalized spacial score (nSPS) is 12.9. The lowest BCUT2D eigenvalue weighted by molar-refractivity contribution is 0.627. The molecule has 59 heavy (non-hydrogen) atoms. The van der Waals surface area contributed by atoms with Crippen molar-refractivity contribution in [2.75, 3.05) is 9.80 Å². The van der Waals surface area contributed by atoms with Crippen LogP contribution < -0.4 is 9.80 Å². The van der Waals surface area contributed by atoms with E-state index in [1.54, 1.807) is 48.5 Å². The Bertz CT molecular complexity index is 2950. The molecule has 0 saturated heterocycles. The van der Waals surface area contributed by atoms with Crippen molar-refractivity contribution in [2.24, 2.45) is 0 Å².